The quantitative estimate of drug-likeness (QED) is 0.199. The maximum absolute atomic E-state index is 12.5. The molecule has 9 nitrogen and oxygen atoms in total. The van der Waals surface area contributed by atoms with Gasteiger partial charge in [-0.05, 0) is 48.8 Å². The number of carbonyl (C=O) groups excluding carboxylic acids is 3. The van der Waals surface area contributed by atoms with Crippen LogP contribution < -0.4 is 14.8 Å². The van der Waals surface area contributed by atoms with E-state index in [9.17, 15) is 24.3 Å². The first-order valence-electron chi connectivity index (χ1n) is 14.0. The molecule has 2 N–H and O–H groups in total. The zero-order valence-corrected chi connectivity index (χ0v) is 24.7. The van der Waals surface area contributed by atoms with Crippen LogP contribution in [0.2, 0.25) is 0 Å². The van der Waals surface area contributed by atoms with Gasteiger partial charge in [0, 0.05) is 19.4 Å². The molecule has 0 saturated carbocycles. The predicted molar refractivity (Wildman–Crippen MR) is 149 cm³/mol. The van der Waals surface area contributed by atoms with Crippen molar-refractivity contribution in [2.24, 2.45) is 23.7 Å². The van der Waals surface area contributed by atoms with Crippen molar-refractivity contribution >= 4 is 23.9 Å². The van der Waals surface area contributed by atoms with Crippen molar-refractivity contribution in [1.82, 2.24) is 5.32 Å². The van der Waals surface area contributed by atoms with Gasteiger partial charge in [-0.1, -0.05) is 67.4 Å². The first kappa shape index (κ1) is 34.1. The van der Waals surface area contributed by atoms with E-state index in [1.165, 1.54) is 12.1 Å². The van der Waals surface area contributed by atoms with E-state index in [1.54, 1.807) is 19.9 Å². The minimum Gasteiger partial charge on any atom is -0.480 e. The first-order valence-corrected chi connectivity index (χ1v) is 14.0. The summed E-state index contributed by atoms with van der Waals surface area (Å²) in [4.78, 5) is 49.1. The van der Waals surface area contributed by atoms with Crippen LogP contribution in [0.25, 0.3) is 0 Å². The Hall–Kier alpha value is -2.94. The van der Waals surface area contributed by atoms with Gasteiger partial charge in [0.25, 0.3) is 0 Å². The number of aliphatic carboxylic acids is 1. The minimum atomic E-state index is -1.08. The first-order chi connectivity index (χ1) is 18.3. The second kappa shape index (κ2) is 16.9. The molecule has 1 rings (SSSR count). The number of nitrogens with one attached hydrogen (secondary N) is 1. The van der Waals surface area contributed by atoms with Crippen molar-refractivity contribution in [3.05, 3.63) is 23.8 Å². The number of carboxylic acids is 1. The lowest BCUT2D eigenvalue weighted by Gasteiger charge is -2.21. The van der Waals surface area contributed by atoms with Gasteiger partial charge in [0.2, 0.25) is 0 Å². The predicted octanol–water partition coefficient (Wildman–Crippen LogP) is 5.18. The fraction of sp³-hybridized carbons (Fsp3) is 0.667. The molecule has 39 heavy (non-hydrogen) atoms. The molecule has 0 amide bonds. The summed E-state index contributed by atoms with van der Waals surface area (Å²) in [6.07, 6.45) is 1.60. The third kappa shape index (κ3) is 12.6. The van der Waals surface area contributed by atoms with Crippen molar-refractivity contribution < 1.29 is 38.5 Å². The Morgan fingerprint density at radius 2 is 1.38 bits per heavy atom. The molecule has 9 heteroatoms. The van der Waals surface area contributed by atoms with Crippen LogP contribution in [0.15, 0.2) is 18.2 Å². The van der Waals surface area contributed by atoms with E-state index in [2.05, 4.69) is 5.32 Å². The molecule has 4 unspecified atom stereocenters. The van der Waals surface area contributed by atoms with E-state index in [1.807, 2.05) is 41.5 Å². The molecule has 0 bridgehead atoms. The number of ether oxygens (including phenoxy) is 3. The van der Waals surface area contributed by atoms with Gasteiger partial charge >= 0.3 is 23.9 Å². The highest BCUT2D eigenvalue weighted by atomic mass is 16.6. The number of rotatable bonds is 17. The Morgan fingerprint density at radius 1 is 0.846 bits per heavy atom. The summed E-state index contributed by atoms with van der Waals surface area (Å²) in [5.74, 6) is -1.97. The largest absolute Gasteiger partial charge is 0.480 e. The number of carboxylic acid groups (broad SMARTS) is 1. The highest BCUT2D eigenvalue weighted by Gasteiger charge is 2.24. The Balaban J connectivity index is 3.03. The van der Waals surface area contributed by atoms with Gasteiger partial charge in [-0.15, -0.1) is 0 Å². The van der Waals surface area contributed by atoms with E-state index >= 15 is 0 Å². The fourth-order valence-electron chi connectivity index (χ4n) is 3.44. The standard InChI is InChI=1S/C30H47NO8/c1-9-19(5)13-27(32)38-25-12-11-23(16-26(25)39-28(33)14-20(6)10-2)15-24(29(34)35)31-17-21(7)37-30(36)22(8)18(3)4/h11-12,16,18-22,24,31H,9-10,13-15,17H2,1-8H3,(H,34,35)/t19?,20?,21?,22?,24-/m0/s1. The average Bonchev–Trinajstić information content (AvgIpc) is 2.86. The van der Waals surface area contributed by atoms with Gasteiger partial charge in [0.1, 0.15) is 12.1 Å². The normalized spacial score (nSPS) is 15.1. The number of esters is 3. The molecule has 0 fully saturated rings. The molecule has 0 saturated heterocycles. The van der Waals surface area contributed by atoms with Crippen molar-refractivity contribution in [2.75, 3.05) is 6.54 Å². The maximum atomic E-state index is 12.5. The Morgan fingerprint density at radius 3 is 1.87 bits per heavy atom. The van der Waals surface area contributed by atoms with E-state index < -0.39 is 30.1 Å². The molecule has 0 heterocycles. The third-order valence-corrected chi connectivity index (χ3v) is 6.96. The Kier molecular flexibility index (Phi) is 14.8. The van der Waals surface area contributed by atoms with Crippen molar-refractivity contribution in [3.63, 3.8) is 0 Å². The van der Waals surface area contributed by atoms with E-state index in [-0.39, 0.29) is 66.9 Å². The summed E-state index contributed by atoms with van der Waals surface area (Å²) in [6.45, 7) is 15.4. The van der Waals surface area contributed by atoms with Gasteiger partial charge in [-0.3, -0.25) is 19.2 Å². The summed E-state index contributed by atoms with van der Waals surface area (Å²) in [5.41, 5.74) is 0.570. The molecule has 1 aromatic carbocycles. The lowest BCUT2D eigenvalue weighted by atomic mass is 9.98. The van der Waals surface area contributed by atoms with Crippen LogP contribution in [0.1, 0.15) is 86.6 Å². The Labute approximate surface area is 233 Å². The van der Waals surface area contributed by atoms with Crippen LogP contribution in [0, 0.1) is 23.7 Å². The number of hydrogen-bond acceptors (Lipinski definition) is 8. The monoisotopic (exact) mass is 549 g/mol. The van der Waals surface area contributed by atoms with Crippen molar-refractivity contribution in [2.45, 2.75) is 99.6 Å². The smallest absolute Gasteiger partial charge is 0.321 e. The summed E-state index contributed by atoms with van der Waals surface area (Å²) in [6, 6.07) is 3.71. The van der Waals surface area contributed by atoms with Crippen LogP contribution in [0.5, 0.6) is 11.5 Å². The van der Waals surface area contributed by atoms with E-state index in [0.29, 0.717) is 5.56 Å². The molecule has 0 spiro atoms. The number of carbonyl (C=O) groups is 4. The number of benzene rings is 1. The van der Waals surface area contributed by atoms with Crippen LogP contribution in [0.3, 0.4) is 0 Å². The van der Waals surface area contributed by atoms with Gasteiger partial charge < -0.3 is 24.6 Å². The van der Waals surface area contributed by atoms with Crippen molar-refractivity contribution in [1.29, 1.82) is 0 Å². The molecular formula is C30H47NO8. The second-order valence-electron chi connectivity index (χ2n) is 10.9. The van der Waals surface area contributed by atoms with E-state index in [0.717, 1.165) is 12.8 Å². The van der Waals surface area contributed by atoms with Gasteiger partial charge in [0.15, 0.2) is 11.5 Å². The SMILES string of the molecule is CCC(C)CC(=O)Oc1ccc(C[C@H](NCC(C)OC(=O)C(C)C(C)C)C(=O)O)cc1OC(=O)CC(C)CC. The van der Waals surface area contributed by atoms with Gasteiger partial charge in [-0.2, -0.15) is 0 Å². The fourth-order valence-corrected chi connectivity index (χ4v) is 3.44. The minimum absolute atomic E-state index is 0.0649. The van der Waals surface area contributed by atoms with Crippen LogP contribution in [0.4, 0.5) is 0 Å². The summed E-state index contributed by atoms with van der Waals surface area (Å²) in [5, 5.41) is 12.7. The van der Waals surface area contributed by atoms with E-state index in [4.69, 9.17) is 14.2 Å². The van der Waals surface area contributed by atoms with Crippen LogP contribution in [-0.2, 0) is 30.3 Å². The van der Waals surface area contributed by atoms with Crippen LogP contribution in [-0.4, -0.2) is 47.7 Å². The van der Waals surface area contributed by atoms with Gasteiger partial charge in [0.05, 0.1) is 5.92 Å². The molecule has 220 valence electrons. The lowest BCUT2D eigenvalue weighted by Crippen LogP contribution is -2.43. The molecule has 5 atom stereocenters. The van der Waals surface area contributed by atoms with Crippen molar-refractivity contribution in [3.8, 4) is 11.5 Å². The molecule has 0 aromatic heterocycles. The van der Waals surface area contributed by atoms with Gasteiger partial charge in [-0.25, -0.2) is 0 Å². The highest BCUT2D eigenvalue weighted by molar-refractivity contribution is 5.77. The topological polar surface area (TPSA) is 128 Å². The average molecular weight is 550 g/mol. The Bertz CT molecular complexity index is 960. The molecule has 0 aliphatic rings. The van der Waals surface area contributed by atoms with Crippen LogP contribution >= 0.6 is 0 Å². The zero-order chi connectivity index (χ0) is 29.7. The summed E-state index contributed by atoms with van der Waals surface area (Å²) >= 11 is 0. The molecule has 0 aliphatic carbocycles. The maximum Gasteiger partial charge on any atom is 0.321 e. The third-order valence-electron chi connectivity index (χ3n) is 6.96. The highest BCUT2D eigenvalue weighted by Crippen LogP contribution is 2.31. The molecule has 0 aliphatic heterocycles. The molecule has 1 aromatic rings. The summed E-state index contributed by atoms with van der Waals surface area (Å²) < 4.78 is 16.5. The second-order valence-corrected chi connectivity index (χ2v) is 10.9. The zero-order valence-electron chi connectivity index (χ0n) is 24.7. The number of hydrogen-bond donors (Lipinski definition) is 2. The summed E-state index contributed by atoms with van der Waals surface area (Å²) in [7, 11) is 0. The molecular weight excluding hydrogens is 502 g/mol. The molecule has 0 radical (unpaired) electrons. The lowest BCUT2D eigenvalue weighted by molar-refractivity contribution is -0.154.